The van der Waals surface area contributed by atoms with Crippen molar-refractivity contribution in [3.8, 4) is 5.75 Å². The molecule has 0 bridgehead atoms. The van der Waals surface area contributed by atoms with Gasteiger partial charge in [0.15, 0.2) is 6.04 Å². The first kappa shape index (κ1) is 20.1. The van der Waals surface area contributed by atoms with Crippen LogP contribution in [0.15, 0.2) is 57.7 Å². The number of nitrogens with one attached hydrogen (secondary N) is 1. The molecule has 150 valence electrons. The van der Waals surface area contributed by atoms with Crippen LogP contribution in [0.3, 0.4) is 0 Å². The highest BCUT2D eigenvalue weighted by Gasteiger charge is 2.22. The van der Waals surface area contributed by atoms with Crippen LogP contribution in [-0.4, -0.2) is 24.1 Å². The van der Waals surface area contributed by atoms with Crippen LogP contribution in [0.2, 0.25) is 0 Å². The van der Waals surface area contributed by atoms with Crippen molar-refractivity contribution in [2.75, 3.05) is 7.11 Å². The van der Waals surface area contributed by atoms with Gasteiger partial charge in [0.05, 0.1) is 7.11 Å². The maximum absolute atomic E-state index is 12.4. The second-order valence-corrected chi connectivity index (χ2v) is 6.60. The van der Waals surface area contributed by atoms with Gasteiger partial charge in [-0.1, -0.05) is 30.3 Å². The number of carbonyl (C=O) groups is 2. The van der Waals surface area contributed by atoms with Crippen molar-refractivity contribution in [1.29, 1.82) is 0 Å². The molecule has 0 unspecified atom stereocenters. The van der Waals surface area contributed by atoms with Crippen LogP contribution in [0, 0.1) is 6.92 Å². The first-order valence-electron chi connectivity index (χ1n) is 9.08. The Morgan fingerprint density at radius 1 is 1.17 bits per heavy atom. The first-order valence-corrected chi connectivity index (χ1v) is 9.08. The Bertz CT molecular complexity index is 1100. The fraction of sp³-hybridized carbons (Fsp3) is 0.227. The number of carboxylic acid groups (broad SMARTS) is 1. The number of hydrogen-bond donors (Lipinski definition) is 2. The van der Waals surface area contributed by atoms with E-state index < -0.39 is 23.5 Å². The molecule has 0 saturated carbocycles. The minimum Gasteiger partial charge on any atom is -0.497 e. The molecule has 1 aromatic heterocycles. The lowest BCUT2D eigenvalue weighted by Crippen LogP contribution is -2.34. The van der Waals surface area contributed by atoms with E-state index in [4.69, 9.17) is 9.15 Å². The van der Waals surface area contributed by atoms with Crippen molar-refractivity contribution in [3.05, 3.63) is 75.6 Å². The molecule has 3 rings (SSSR count). The molecule has 0 fully saturated rings. The Balaban J connectivity index is 1.77. The van der Waals surface area contributed by atoms with Crippen LogP contribution >= 0.6 is 0 Å². The Labute approximate surface area is 166 Å². The fourth-order valence-corrected chi connectivity index (χ4v) is 3.20. The number of aryl methyl sites for hydroxylation is 1. The molecule has 1 atom stereocenters. The van der Waals surface area contributed by atoms with Crippen LogP contribution in [0.25, 0.3) is 11.0 Å². The number of hydrogen-bond acceptors (Lipinski definition) is 5. The van der Waals surface area contributed by atoms with E-state index in [0.717, 1.165) is 10.9 Å². The van der Waals surface area contributed by atoms with Crippen molar-refractivity contribution in [2.45, 2.75) is 25.8 Å². The molecular weight excluding hydrogens is 374 g/mol. The van der Waals surface area contributed by atoms with Crippen molar-refractivity contribution in [3.63, 3.8) is 0 Å². The molecule has 0 radical (unpaired) electrons. The summed E-state index contributed by atoms with van der Waals surface area (Å²) in [6.45, 7) is 1.79. The number of amides is 1. The molecule has 1 heterocycles. The van der Waals surface area contributed by atoms with Gasteiger partial charge in [-0.05, 0) is 36.6 Å². The monoisotopic (exact) mass is 395 g/mol. The highest BCUT2D eigenvalue weighted by atomic mass is 16.5. The zero-order valence-corrected chi connectivity index (χ0v) is 16.1. The Hall–Kier alpha value is -3.61. The summed E-state index contributed by atoms with van der Waals surface area (Å²) in [4.78, 5) is 36.3. The summed E-state index contributed by atoms with van der Waals surface area (Å²) in [6.07, 6.45) is 0.104. The second-order valence-electron chi connectivity index (χ2n) is 6.60. The first-order chi connectivity index (χ1) is 13.9. The van der Waals surface area contributed by atoms with E-state index in [2.05, 4.69) is 5.32 Å². The van der Waals surface area contributed by atoms with Gasteiger partial charge in [0.25, 0.3) is 0 Å². The lowest BCUT2D eigenvalue weighted by molar-refractivity contribution is -0.142. The minimum absolute atomic E-state index is 0.0378. The van der Waals surface area contributed by atoms with E-state index in [1.165, 1.54) is 7.11 Å². The zero-order chi connectivity index (χ0) is 21.0. The third-order valence-electron chi connectivity index (χ3n) is 4.78. The van der Waals surface area contributed by atoms with Gasteiger partial charge >= 0.3 is 11.6 Å². The van der Waals surface area contributed by atoms with Crippen LogP contribution < -0.4 is 15.7 Å². The topological polar surface area (TPSA) is 106 Å². The average molecular weight is 395 g/mol. The Morgan fingerprint density at radius 2 is 1.90 bits per heavy atom. The summed E-state index contributed by atoms with van der Waals surface area (Å²) < 4.78 is 10.5. The van der Waals surface area contributed by atoms with Gasteiger partial charge in [-0.25, -0.2) is 9.59 Å². The Morgan fingerprint density at radius 3 is 2.55 bits per heavy atom. The number of carbonyl (C=O) groups excluding carboxylic acids is 1. The van der Waals surface area contributed by atoms with E-state index >= 15 is 0 Å². The van der Waals surface area contributed by atoms with Gasteiger partial charge in [-0.2, -0.15) is 0 Å². The molecule has 2 N–H and O–H groups in total. The maximum atomic E-state index is 12.4. The number of ether oxygens (including phenoxy) is 1. The van der Waals surface area contributed by atoms with Gasteiger partial charge < -0.3 is 19.6 Å². The average Bonchev–Trinajstić information content (AvgIpc) is 2.71. The highest BCUT2D eigenvalue weighted by molar-refractivity contribution is 5.85. The van der Waals surface area contributed by atoms with Crippen molar-refractivity contribution < 1.29 is 23.8 Å². The quantitative estimate of drug-likeness (QED) is 0.596. The van der Waals surface area contributed by atoms with Crippen LogP contribution in [0.1, 0.15) is 29.2 Å². The molecule has 0 spiro atoms. The summed E-state index contributed by atoms with van der Waals surface area (Å²) in [5.41, 5.74) is 1.49. The lowest BCUT2D eigenvalue weighted by Gasteiger charge is -2.15. The predicted octanol–water partition coefficient (Wildman–Crippen LogP) is 2.98. The fourth-order valence-electron chi connectivity index (χ4n) is 3.20. The number of carboxylic acids is 1. The molecule has 7 heteroatoms. The molecular formula is C22H21NO6. The standard InChI is InChI=1S/C22H21NO6/c1-13-16-9-8-15(28-2)12-18(16)29-22(27)17(13)10-11-19(24)23-20(21(25)26)14-6-4-3-5-7-14/h3-9,12,20H,10-11H2,1-2H3,(H,23,24)(H,25,26)/t20-/m1/s1. The van der Waals surface area contributed by atoms with Gasteiger partial charge in [0, 0.05) is 23.4 Å². The molecule has 29 heavy (non-hydrogen) atoms. The van der Waals surface area contributed by atoms with E-state index in [0.29, 0.717) is 22.5 Å². The molecule has 0 aliphatic carbocycles. The van der Waals surface area contributed by atoms with Crippen molar-refractivity contribution in [1.82, 2.24) is 5.32 Å². The number of methoxy groups -OCH3 is 1. The zero-order valence-electron chi connectivity index (χ0n) is 16.1. The van der Waals surface area contributed by atoms with Crippen LogP contribution in [0.5, 0.6) is 5.75 Å². The number of fused-ring (bicyclic) bond motifs is 1. The largest absolute Gasteiger partial charge is 0.497 e. The summed E-state index contributed by atoms with van der Waals surface area (Å²) in [5, 5.41) is 12.7. The predicted molar refractivity (Wildman–Crippen MR) is 107 cm³/mol. The van der Waals surface area contributed by atoms with Crippen LogP contribution in [-0.2, 0) is 16.0 Å². The lowest BCUT2D eigenvalue weighted by atomic mass is 10.0. The molecule has 0 aliphatic rings. The van der Waals surface area contributed by atoms with E-state index in [1.54, 1.807) is 55.5 Å². The summed E-state index contributed by atoms with van der Waals surface area (Å²) in [6, 6.07) is 12.5. The van der Waals surface area contributed by atoms with E-state index in [1.807, 2.05) is 0 Å². The maximum Gasteiger partial charge on any atom is 0.339 e. The van der Waals surface area contributed by atoms with E-state index in [9.17, 15) is 19.5 Å². The summed E-state index contributed by atoms with van der Waals surface area (Å²) >= 11 is 0. The molecule has 1 amide bonds. The number of rotatable bonds is 7. The smallest absolute Gasteiger partial charge is 0.339 e. The minimum atomic E-state index is -1.15. The SMILES string of the molecule is COc1ccc2c(C)c(CCC(=O)N[C@@H](C(=O)O)c3ccccc3)c(=O)oc2c1. The van der Waals surface area contributed by atoms with Gasteiger partial charge in [-0.3, -0.25) is 4.79 Å². The summed E-state index contributed by atoms with van der Waals surface area (Å²) in [5.74, 6) is -1.04. The van der Waals surface area contributed by atoms with E-state index in [-0.39, 0.29) is 12.8 Å². The molecule has 7 nitrogen and oxygen atoms in total. The molecule has 0 saturated heterocycles. The van der Waals surface area contributed by atoms with Crippen LogP contribution in [0.4, 0.5) is 0 Å². The van der Waals surface area contributed by atoms with Crippen molar-refractivity contribution >= 4 is 22.8 Å². The van der Waals surface area contributed by atoms with Gasteiger partial charge in [0.2, 0.25) is 5.91 Å². The molecule has 0 aliphatic heterocycles. The van der Waals surface area contributed by atoms with Gasteiger partial charge in [0.1, 0.15) is 11.3 Å². The third-order valence-corrected chi connectivity index (χ3v) is 4.78. The second kappa shape index (κ2) is 8.60. The normalized spacial score (nSPS) is 11.8. The third kappa shape index (κ3) is 4.45. The number of benzene rings is 2. The number of aliphatic carboxylic acids is 1. The molecule has 3 aromatic rings. The molecule has 2 aromatic carbocycles. The Kier molecular flexibility index (Phi) is 5.97. The van der Waals surface area contributed by atoms with Gasteiger partial charge in [-0.15, -0.1) is 0 Å². The van der Waals surface area contributed by atoms with Crippen molar-refractivity contribution in [2.24, 2.45) is 0 Å². The highest BCUT2D eigenvalue weighted by Crippen LogP contribution is 2.24. The summed E-state index contributed by atoms with van der Waals surface area (Å²) in [7, 11) is 1.53.